The maximum Gasteiger partial charge on any atom is 0.306 e. The summed E-state index contributed by atoms with van der Waals surface area (Å²) in [5.74, 6) is -0.856. The van der Waals surface area contributed by atoms with Gasteiger partial charge in [-0.2, -0.15) is 0 Å². The van der Waals surface area contributed by atoms with Crippen LogP contribution in [-0.2, 0) is 32.7 Å². The van der Waals surface area contributed by atoms with Crippen LogP contribution in [0, 0.1) is 0 Å². The van der Waals surface area contributed by atoms with Gasteiger partial charge in [0.2, 0.25) is 0 Å². The van der Waals surface area contributed by atoms with E-state index < -0.39 is 32.5 Å². The van der Waals surface area contributed by atoms with E-state index in [1.807, 2.05) is 21.1 Å². The highest BCUT2D eigenvalue weighted by Crippen LogP contribution is 2.38. The molecule has 2 unspecified atom stereocenters. The number of rotatable bonds is 49. The Morgan fingerprint density at radius 2 is 0.771 bits per heavy atom. The number of ether oxygens (including phenoxy) is 2. The van der Waals surface area contributed by atoms with Crippen molar-refractivity contribution < 1.29 is 42.1 Å². The van der Waals surface area contributed by atoms with Crippen molar-refractivity contribution in [2.24, 2.45) is 0 Å². The minimum Gasteiger partial charge on any atom is -0.756 e. The fourth-order valence-corrected chi connectivity index (χ4v) is 7.81. The Morgan fingerprint density at radius 1 is 0.443 bits per heavy atom. The van der Waals surface area contributed by atoms with E-state index in [9.17, 15) is 19.0 Å². The number of hydrogen-bond donors (Lipinski definition) is 0. The largest absolute Gasteiger partial charge is 0.756 e. The van der Waals surface area contributed by atoms with Gasteiger partial charge in [0.1, 0.15) is 19.8 Å². The molecule has 0 amide bonds. The van der Waals surface area contributed by atoms with Gasteiger partial charge < -0.3 is 27.9 Å². The Kier molecular flexibility index (Phi) is 48.2. The molecule has 400 valence electrons. The van der Waals surface area contributed by atoms with Crippen LogP contribution in [0.2, 0.25) is 0 Å². The van der Waals surface area contributed by atoms with E-state index in [4.69, 9.17) is 18.5 Å². The lowest BCUT2D eigenvalue weighted by molar-refractivity contribution is -0.870. The number of likely N-dealkylation sites (N-methyl/N-ethyl adjacent to an activating group) is 1. The molecule has 70 heavy (non-hydrogen) atoms. The van der Waals surface area contributed by atoms with Crippen LogP contribution in [0.4, 0.5) is 0 Å². The van der Waals surface area contributed by atoms with Crippen molar-refractivity contribution >= 4 is 19.8 Å². The Balaban J connectivity index is 4.21. The number of nitrogens with zero attached hydrogens (tertiary/aromatic N) is 1. The Labute approximate surface area is 429 Å². The number of unbranched alkanes of at least 4 members (excludes halogenated alkanes) is 17. The predicted molar refractivity (Wildman–Crippen MR) is 295 cm³/mol. The van der Waals surface area contributed by atoms with E-state index in [0.717, 1.165) is 109 Å². The molecular formula is C60H102NO8P. The quantitative estimate of drug-likeness (QED) is 0.0195. The predicted octanol–water partition coefficient (Wildman–Crippen LogP) is 16.4. The van der Waals surface area contributed by atoms with E-state index in [-0.39, 0.29) is 26.1 Å². The topological polar surface area (TPSA) is 111 Å². The maximum absolute atomic E-state index is 12.8. The summed E-state index contributed by atoms with van der Waals surface area (Å²) in [5.41, 5.74) is 0. The van der Waals surface area contributed by atoms with Gasteiger partial charge in [0.05, 0.1) is 27.7 Å². The van der Waals surface area contributed by atoms with Gasteiger partial charge in [-0.3, -0.25) is 14.2 Å². The molecule has 0 bridgehead atoms. The summed E-state index contributed by atoms with van der Waals surface area (Å²) in [7, 11) is 1.14. The summed E-state index contributed by atoms with van der Waals surface area (Å²) in [5, 5.41) is 0. The molecule has 0 aliphatic heterocycles. The molecule has 0 radical (unpaired) electrons. The molecule has 0 fully saturated rings. The first kappa shape index (κ1) is 66.7. The molecule has 10 heteroatoms. The number of phosphoric ester groups is 1. The van der Waals surface area contributed by atoms with Crippen molar-refractivity contribution in [3.8, 4) is 0 Å². The van der Waals surface area contributed by atoms with Crippen LogP contribution in [0.5, 0.6) is 0 Å². The first-order valence-electron chi connectivity index (χ1n) is 27.6. The zero-order chi connectivity index (χ0) is 51.3. The monoisotopic (exact) mass is 996 g/mol. The summed E-state index contributed by atoms with van der Waals surface area (Å²) in [4.78, 5) is 37.8. The molecule has 0 aromatic heterocycles. The van der Waals surface area contributed by atoms with Crippen LogP contribution < -0.4 is 4.89 Å². The highest BCUT2D eigenvalue weighted by molar-refractivity contribution is 7.45. The highest BCUT2D eigenvalue weighted by atomic mass is 31.2. The number of esters is 2. The van der Waals surface area contributed by atoms with E-state index in [0.29, 0.717) is 23.9 Å². The standard InChI is InChI=1S/C60H102NO8P/c1-6-8-10-12-14-16-18-20-22-24-25-26-27-28-29-30-31-32-33-34-35-37-39-41-43-45-47-49-51-53-60(63)69-58(57-68-70(64,65)67-55-54-61(3,4)5)56-66-59(62)52-50-48-46-44-42-40-38-36-23-21-19-17-15-13-11-9-7-2/h8-11,14-17,20-23,25-26,28-29,31-32,58H,6-7,12-13,18-19,24,27,30,33-57H2,1-5H3/b10-8-,11-9-,16-14-,17-15-,22-20-,23-21-,26-25-,29-28-,32-31-. The fourth-order valence-electron chi connectivity index (χ4n) is 7.08. The number of allylic oxidation sites excluding steroid dienone is 18. The number of hydrogen-bond acceptors (Lipinski definition) is 8. The van der Waals surface area contributed by atoms with Gasteiger partial charge in [0, 0.05) is 12.8 Å². The third-order valence-electron chi connectivity index (χ3n) is 11.3. The van der Waals surface area contributed by atoms with Crippen molar-refractivity contribution in [3.63, 3.8) is 0 Å². The molecule has 0 aliphatic rings. The maximum atomic E-state index is 12.8. The summed E-state index contributed by atoms with van der Waals surface area (Å²) in [6, 6.07) is 0. The molecule has 9 nitrogen and oxygen atoms in total. The fraction of sp³-hybridized carbons (Fsp3) is 0.667. The SMILES string of the molecule is CC/C=C\C/C=C\C/C=C\C/C=C\C/C=C\C/C=C\CCCCCCCCCCCCC(=O)OC(COC(=O)CCCCCCCCC/C=C\C/C=C\C/C=C\CC)COP(=O)([O-])OCC[N+](C)(C)C. The average Bonchev–Trinajstić information content (AvgIpc) is 3.32. The van der Waals surface area contributed by atoms with Crippen molar-refractivity contribution in [2.75, 3.05) is 47.5 Å². The molecule has 2 atom stereocenters. The Bertz CT molecular complexity index is 1550. The van der Waals surface area contributed by atoms with Gasteiger partial charge >= 0.3 is 11.9 Å². The normalized spacial score (nSPS) is 14.2. The summed E-state index contributed by atoms with van der Waals surface area (Å²) in [6.45, 7) is 3.98. The van der Waals surface area contributed by atoms with Crippen LogP contribution in [0.15, 0.2) is 109 Å². The summed E-state index contributed by atoms with van der Waals surface area (Å²) < 4.78 is 34.1. The molecule has 0 spiro atoms. The first-order valence-corrected chi connectivity index (χ1v) is 29.1. The average molecular weight is 996 g/mol. The molecule has 0 aromatic carbocycles. The van der Waals surface area contributed by atoms with Crippen LogP contribution in [0.1, 0.15) is 206 Å². The van der Waals surface area contributed by atoms with Crippen LogP contribution in [0.3, 0.4) is 0 Å². The molecule has 0 rings (SSSR count). The number of phosphoric acid groups is 1. The zero-order valence-corrected chi connectivity index (χ0v) is 46.1. The van der Waals surface area contributed by atoms with Crippen LogP contribution in [0.25, 0.3) is 0 Å². The Hall–Kier alpha value is -3.33. The van der Waals surface area contributed by atoms with E-state index >= 15 is 0 Å². The van der Waals surface area contributed by atoms with Crippen molar-refractivity contribution in [3.05, 3.63) is 109 Å². The summed E-state index contributed by atoms with van der Waals surface area (Å²) >= 11 is 0. The van der Waals surface area contributed by atoms with E-state index in [2.05, 4.69) is 123 Å². The molecule has 0 aliphatic carbocycles. The Morgan fingerprint density at radius 3 is 1.14 bits per heavy atom. The van der Waals surface area contributed by atoms with Crippen molar-refractivity contribution in [1.82, 2.24) is 0 Å². The molecule has 0 aromatic rings. The minimum absolute atomic E-state index is 0.0391. The zero-order valence-electron chi connectivity index (χ0n) is 45.2. The van der Waals surface area contributed by atoms with Crippen LogP contribution in [-0.4, -0.2) is 70.0 Å². The van der Waals surface area contributed by atoms with E-state index in [1.165, 1.54) is 57.8 Å². The molecular weight excluding hydrogens is 894 g/mol. The van der Waals surface area contributed by atoms with E-state index in [1.54, 1.807) is 0 Å². The number of carbonyl (C=O) groups is 2. The van der Waals surface area contributed by atoms with Crippen LogP contribution >= 0.6 is 7.82 Å². The van der Waals surface area contributed by atoms with Gasteiger partial charge in [0.15, 0.2) is 6.10 Å². The van der Waals surface area contributed by atoms with Gasteiger partial charge in [-0.05, 0) is 96.3 Å². The van der Waals surface area contributed by atoms with Crippen molar-refractivity contribution in [2.45, 2.75) is 213 Å². The lowest BCUT2D eigenvalue weighted by Gasteiger charge is -2.28. The molecule has 0 saturated carbocycles. The van der Waals surface area contributed by atoms with Gasteiger partial charge in [-0.15, -0.1) is 0 Å². The van der Waals surface area contributed by atoms with Gasteiger partial charge in [0.25, 0.3) is 7.82 Å². The molecule has 0 heterocycles. The minimum atomic E-state index is -4.64. The summed E-state index contributed by atoms with van der Waals surface area (Å²) in [6.07, 6.45) is 69.8. The lowest BCUT2D eigenvalue weighted by atomic mass is 10.0. The van der Waals surface area contributed by atoms with Gasteiger partial charge in [-0.25, -0.2) is 0 Å². The second-order valence-corrected chi connectivity index (χ2v) is 20.6. The number of quaternary nitrogens is 1. The second kappa shape index (κ2) is 50.6. The third kappa shape index (κ3) is 54.0. The number of carbonyl (C=O) groups excluding carboxylic acids is 2. The van der Waals surface area contributed by atoms with Gasteiger partial charge in [-0.1, -0.05) is 207 Å². The second-order valence-electron chi connectivity index (χ2n) is 19.2. The smallest absolute Gasteiger partial charge is 0.306 e. The molecule has 0 saturated heterocycles. The lowest BCUT2D eigenvalue weighted by Crippen LogP contribution is -2.37. The molecule has 0 N–H and O–H groups in total. The first-order chi connectivity index (χ1) is 34.0. The highest BCUT2D eigenvalue weighted by Gasteiger charge is 2.21. The third-order valence-corrected chi connectivity index (χ3v) is 12.3. The van der Waals surface area contributed by atoms with Crippen molar-refractivity contribution in [1.29, 1.82) is 0 Å².